The summed E-state index contributed by atoms with van der Waals surface area (Å²) >= 11 is 0. The van der Waals surface area contributed by atoms with Gasteiger partial charge in [0.1, 0.15) is 17.1 Å². The van der Waals surface area contributed by atoms with Crippen LogP contribution in [0.3, 0.4) is 0 Å². The number of carbonyl (C=O) groups excluding carboxylic acids is 1. The van der Waals surface area contributed by atoms with Gasteiger partial charge in [0.05, 0.1) is 12.7 Å². The normalized spacial score (nSPS) is 11.0. The number of nitrogens with zero attached hydrogens (tertiary/aromatic N) is 3. The molecule has 8 heteroatoms. The summed E-state index contributed by atoms with van der Waals surface area (Å²) in [5.41, 5.74) is 10.9. The number of carbonyl (C=O) groups is 1. The van der Waals surface area contributed by atoms with Crippen molar-refractivity contribution in [3.63, 3.8) is 0 Å². The van der Waals surface area contributed by atoms with E-state index in [1.54, 1.807) is 51.9 Å². The number of ether oxygens (including phenoxy) is 1. The maximum Gasteiger partial charge on any atom is 0.254 e. The second kappa shape index (κ2) is 8.08. The molecule has 1 amide bonds. The molecule has 3 heterocycles. The van der Waals surface area contributed by atoms with Gasteiger partial charge in [-0.3, -0.25) is 9.78 Å². The highest BCUT2D eigenvalue weighted by Crippen LogP contribution is 2.39. The molecule has 0 saturated carbocycles. The lowest BCUT2D eigenvalue weighted by atomic mass is 9.99. The molecule has 0 aliphatic rings. The van der Waals surface area contributed by atoms with Gasteiger partial charge in [-0.15, -0.1) is 0 Å². The van der Waals surface area contributed by atoms with Crippen molar-refractivity contribution in [2.45, 2.75) is 6.54 Å². The van der Waals surface area contributed by atoms with Crippen LogP contribution in [0.4, 0.5) is 0 Å². The number of pyridine rings is 2. The summed E-state index contributed by atoms with van der Waals surface area (Å²) < 4.78 is 5.49. The van der Waals surface area contributed by atoms with Crippen molar-refractivity contribution < 1.29 is 14.6 Å². The van der Waals surface area contributed by atoms with Crippen molar-refractivity contribution in [1.29, 1.82) is 0 Å². The number of phenolic OH excluding ortho intramolecular Hbond substituents is 1. The lowest BCUT2D eigenvalue weighted by molar-refractivity contribution is 0.0827. The number of methoxy groups -OCH3 is 1. The summed E-state index contributed by atoms with van der Waals surface area (Å²) in [4.78, 5) is 25.8. The third-order valence-electron chi connectivity index (χ3n) is 5.17. The third-order valence-corrected chi connectivity index (χ3v) is 5.17. The van der Waals surface area contributed by atoms with Crippen molar-refractivity contribution >= 4 is 16.9 Å². The molecule has 4 N–H and O–H groups in total. The summed E-state index contributed by atoms with van der Waals surface area (Å²) in [6, 6.07) is 7.18. The van der Waals surface area contributed by atoms with E-state index < -0.39 is 0 Å². The molecular weight excluding hydrogens is 394 g/mol. The number of benzene rings is 1. The van der Waals surface area contributed by atoms with Crippen LogP contribution in [0.1, 0.15) is 15.9 Å². The number of amides is 1. The van der Waals surface area contributed by atoms with Gasteiger partial charge in [-0.05, 0) is 18.2 Å². The highest BCUT2D eigenvalue weighted by molar-refractivity contribution is 5.98. The first-order valence-corrected chi connectivity index (χ1v) is 9.67. The lowest BCUT2D eigenvalue weighted by Crippen LogP contribution is -2.21. The van der Waals surface area contributed by atoms with Gasteiger partial charge in [0, 0.05) is 84.7 Å². The summed E-state index contributed by atoms with van der Waals surface area (Å²) in [5.74, 6) is 0.505. The van der Waals surface area contributed by atoms with Gasteiger partial charge in [-0.25, -0.2) is 4.98 Å². The molecule has 0 fully saturated rings. The Bertz CT molecular complexity index is 1280. The number of aromatic amines is 1. The third kappa shape index (κ3) is 3.69. The number of hydrogen-bond donors (Lipinski definition) is 3. The minimum atomic E-state index is -0.117. The highest BCUT2D eigenvalue weighted by atomic mass is 16.5. The van der Waals surface area contributed by atoms with Crippen LogP contribution in [0, 0.1) is 0 Å². The number of aromatic nitrogens is 3. The molecule has 158 valence electrons. The number of nitrogens with one attached hydrogen (secondary N) is 1. The fraction of sp³-hybridized carbons (Fsp3) is 0.174. The Hall–Kier alpha value is -3.91. The van der Waals surface area contributed by atoms with Gasteiger partial charge >= 0.3 is 0 Å². The van der Waals surface area contributed by atoms with Gasteiger partial charge in [0.25, 0.3) is 5.91 Å². The highest BCUT2D eigenvalue weighted by Gasteiger charge is 2.16. The standard InChI is InChI=1S/C23H23N5O3/c1-28(2)23(30)16-4-14(9-25-10-16)15-6-18-19(12-27-22(18)26-11-15)17-5-13(8-24)20(29)7-21(17)31-3/h4-7,9-12,29H,8,24H2,1-3H3,(H,26,27). The smallest absolute Gasteiger partial charge is 0.254 e. The van der Waals surface area contributed by atoms with Gasteiger partial charge in [-0.1, -0.05) is 0 Å². The molecule has 0 saturated heterocycles. The predicted molar refractivity (Wildman–Crippen MR) is 119 cm³/mol. The number of nitrogens with two attached hydrogens (primary N) is 1. The average Bonchev–Trinajstić information content (AvgIpc) is 3.21. The van der Waals surface area contributed by atoms with Crippen molar-refractivity contribution in [2.24, 2.45) is 5.73 Å². The van der Waals surface area contributed by atoms with Crippen molar-refractivity contribution in [2.75, 3.05) is 21.2 Å². The van der Waals surface area contributed by atoms with Crippen LogP contribution in [0.15, 0.2) is 49.1 Å². The second-order valence-electron chi connectivity index (χ2n) is 7.37. The van der Waals surface area contributed by atoms with E-state index in [2.05, 4.69) is 15.0 Å². The molecule has 0 aliphatic carbocycles. The second-order valence-corrected chi connectivity index (χ2v) is 7.37. The monoisotopic (exact) mass is 417 g/mol. The summed E-state index contributed by atoms with van der Waals surface area (Å²) in [6.45, 7) is 0.201. The minimum absolute atomic E-state index is 0.0928. The van der Waals surface area contributed by atoms with Crippen LogP contribution >= 0.6 is 0 Å². The number of aromatic hydroxyl groups is 1. The van der Waals surface area contributed by atoms with Crippen LogP contribution in [-0.4, -0.2) is 52.1 Å². The first-order chi connectivity index (χ1) is 14.9. The minimum Gasteiger partial charge on any atom is -0.507 e. The van der Waals surface area contributed by atoms with Crippen molar-refractivity contribution in [3.05, 3.63) is 60.2 Å². The summed E-state index contributed by atoms with van der Waals surface area (Å²) in [6.07, 6.45) is 6.84. The van der Waals surface area contributed by atoms with Crippen LogP contribution in [0.5, 0.6) is 11.5 Å². The molecule has 1 aromatic carbocycles. The molecular formula is C23H23N5O3. The van der Waals surface area contributed by atoms with E-state index in [0.29, 0.717) is 22.5 Å². The van der Waals surface area contributed by atoms with E-state index >= 15 is 0 Å². The fourth-order valence-electron chi connectivity index (χ4n) is 3.51. The Kier molecular flexibility index (Phi) is 5.31. The molecule has 0 atom stereocenters. The number of rotatable bonds is 5. The van der Waals surface area contributed by atoms with E-state index in [4.69, 9.17) is 10.5 Å². The zero-order chi connectivity index (χ0) is 22.1. The first-order valence-electron chi connectivity index (χ1n) is 9.67. The molecule has 8 nitrogen and oxygen atoms in total. The molecule has 0 unspecified atom stereocenters. The van der Waals surface area contributed by atoms with Crippen LogP contribution in [0.25, 0.3) is 33.3 Å². The van der Waals surface area contributed by atoms with Gasteiger partial charge < -0.3 is 25.5 Å². The zero-order valence-corrected chi connectivity index (χ0v) is 17.5. The molecule has 0 spiro atoms. The average molecular weight is 417 g/mol. The van der Waals surface area contributed by atoms with E-state index in [9.17, 15) is 9.90 Å². The number of H-pyrrole nitrogens is 1. The van der Waals surface area contributed by atoms with E-state index in [0.717, 1.165) is 27.6 Å². The Morgan fingerprint density at radius 3 is 2.61 bits per heavy atom. The lowest BCUT2D eigenvalue weighted by Gasteiger charge is -2.12. The molecule has 3 aromatic heterocycles. The molecule has 4 rings (SSSR count). The molecule has 4 aromatic rings. The molecule has 0 radical (unpaired) electrons. The van der Waals surface area contributed by atoms with Gasteiger partial charge in [0.15, 0.2) is 0 Å². The number of fused-ring (bicyclic) bond motifs is 1. The predicted octanol–water partition coefficient (Wildman–Crippen LogP) is 3.17. The zero-order valence-electron chi connectivity index (χ0n) is 17.5. The summed E-state index contributed by atoms with van der Waals surface area (Å²) in [7, 11) is 4.96. The Morgan fingerprint density at radius 2 is 1.90 bits per heavy atom. The SMILES string of the molecule is COc1cc(O)c(CN)cc1-c1c[nH]c2ncc(-c3cncc(C(=O)N(C)C)c3)cc12. The summed E-state index contributed by atoms with van der Waals surface area (Å²) in [5, 5.41) is 11.0. The van der Waals surface area contributed by atoms with E-state index in [1.807, 2.05) is 18.3 Å². The fourth-order valence-corrected chi connectivity index (χ4v) is 3.51. The topological polar surface area (TPSA) is 117 Å². The molecule has 0 aliphatic heterocycles. The number of hydrogen-bond acceptors (Lipinski definition) is 6. The van der Waals surface area contributed by atoms with E-state index in [1.165, 1.54) is 4.90 Å². The Morgan fingerprint density at radius 1 is 1.13 bits per heavy atom. The Balaban J connectivity index is 1.85. The van der Waals surface area contributed by atoms with E-state index in [-0.39, 0.29) is 18.2 Å². The van der Waals surface area contributed by atoms with Crippen molar-refractivity contribution in [3.8, 4) is 33.8 Å². The van der Waals surface area contributed by atoms with Crippen LogP contribution in [-0.2, 0) is 6.54 Å². The molecule has 0 bridgehead atoms. The Labute approximate surface area is 179 Å². The van der Waals surface area contributed by atoms with Crippen LogP contribution < -0.4 is 10.5 Å². The maximum atomic E-state index is 12.3. The first kappa shape index (κ1) is 20.4. The van der Waals surface area contributed by atoms with Crippen molar-refractivity contribution in [1.82, 2.24) is 19.9 Å². The quantitative estimate of drug-likeness (QED) is 0.459. The largest absolute Gasteiger partial charge is 0.507 e. The number of phenols is 1. The van der Waals surface area contributed by atoms with Gasteiger partial charge in [-0.2, -0.15) is 0 Å². The van der Waals surface area contributed by atoms with Crippen LogP contribution in [0.2, 0.25) is 0 Å². The molecule has 31 heavy (non-hydrogen) atoms. The van der Waals surface area contributed by atoms with Gasteiger partial charge in [0.2, 0.25) is 0 Å². The maximum absolute atomic E-state index is 12.3.